The number of carbonyl (C=O) groups is 2. The van der Waals surface area contributed by atoms with Crippen LogP contribution in [0.2, 0.25) is 0 Å². The molecule has 3 rings (SSSR count). The van der Waals surface area contributed by atoms with Gasteiger partial charge < -0.3 is 14.4 Å². The molecule has 1 aromatic rings. The van der Waals surface area contributed by atoms with Gasteiger partial charge in [-0.25, -0.2) is 4.79 Å². The van der Waals surface area contributed by atoms with Crippen molar-refractivity contribution < 1.29 is 19.1 Å². The SMILES string of the molecule is COC(=O)/C=C1\SC(N2CCOCC2)=C(c2ccccc2)C1=O. The fourth-order valence-electron chi connectivity index (χ4n) is 2.53. The number of Topliss-reactive ketones (excluding diaryl/α,β-unsaturated/α-hetero) is 1. The Morgan fingerprint density at radius 1 is 1.26 bits per heavy atom. The zero-order valence-electron chi connectivity index (χ0n) is 12.8. The van der Waals surface area contributed by atoms with Crippen LogP contribution in [0.25, 0.3) is 5.57 Å². The van der Waals surface area contributed by atoms with E-state index in [9.17, 15) is 9.59 Å². The average Bonchev–Trinajstić information content (AvgIpc) is 2.93. The molecule has 1 fully saturated rings. The van der Waals surface area contributed by atoms with Gasteiger partial charge in [-0.2, -0.15) is 0 Å². The largest absolute Gasteiger partial charge is 0.466 e. The summed E-state index contributed by atoms with van der Waals surface area (Å²) in [5.74, 6) is -0.649. The Kier molecular flexibility index (Phi) is 4.83. The third kappa shape index (κ3) is 3.33. The summed E-state index contributed by atoms with van der Waals surface area (Å²) in [6.07, 6.45) is 1.27. The summed E-state index contributed by atoms with van der Waals surface area (Å²) in [4.78, 5) is 26.9. The van der Waals surface area contributed by atoms with Crippen molar-refractivity contribution in [3.05, 3.63) is 51.9 Å². The van der Waals surface area contributed by atoms with E-state index in [4.69, 9.17) is 4.74 Å². The summed E-state index contributed by atoms with van der Waals surface area (Å²) in [6, 6.07) is 9.54. The highest BCUT2D eigenvalue weighted by Gasteiger charge is 2.34. The minimum atomic E-state index is -0.517. The molecule has 0 amide bonds. The van der Waals surface area contributed by atoms with Gasteiger partial charge in [-0.1, -0.05) is 42.1 Å². The van der Waals surface area contributed by atoms with Crippen molar-refractivity contribution in [1.82, 2.24) is 4.90 Å². The number of rotatable bonds is 3. The molecule has 0 bridgehead atoms. The van der Waals surface area contributed by atoms with Crippen molar-refractivity contribution in [1.29, 1.82) is 0 Å². The lowest BCUT2D eigenvalue weighted by molar-refractivity contribution is -0.135. The molecule has 0 atom stereocenters. The van der Waals surface area contributed by atoms with Crippen LogP contribution in [-0.4, -0.2) is 50.1 Å². The number of methoxy groups -OCH3 is 1. The molecule has 5 nitrogen and oxygen atoms in total. The summed E-state index contributed by atoms with van der Waals surface area (Å²) in [5, 5.41) is 0.889. The highest BCUT2D eigenvalue weighted by molar-refractivity contribution is 8.08. The molecule has 0 aliphatic carbocycles. The molecule has 0 unspecified atom stereocenters. The maximum atomic E-state index is 12.8. The van der Waals surface area contributed by atoms with Gasteiger partial charge in [-0.3, -0.25) is 4.79 Å². The lowest BCUT2D eigenvalue weighted by Gasteiger charge is -2.29. The van der Waals surface area contributed by atoms with E-state index in [0.29, 0.717) is 23.7 Å². The van der Waals surface area contributed by atoms with Gasteiger partial charge in [0.25, 0.3) is 0 Å². The van der Waals surface area contributed by atoms with Gasteiger partial charge in [0.1, 0.15) is 0 Å². The second-order valence-electron chi connectivity index (χ2n) is 5.11. The number of ketones is 1. The molecule has 0 radical (unpaired) electrons. The third-order valence-corrected chi connectivity index (χ3v) is 4.86. The van der Waals surface area contributed by atoms with E-state index >= 15 is 0 Å². The third-order valence-electron chi connectivity index (χ3n) is 3.68. The number of nitrogens with zero attached hydrogens (tertiary/aromatic N) is 1. The molecular formula is C17H17NO4S. The quantitative estimate of drug-likeness (QED) is 0.624. The molecule has 120 valence electrons. The van der Waals surface area contributed by atoms with Crippen LogP contribution in [-0.2, 0) is 19.1 Å². The first kappa shape index (κ1) is 15.8. The van der Waals surface area contributed by atoms with Crippen molar-refractivity contribution in [2.24, 2.45) is 0 Å². The monoisotopic (exact) mass is 331 g/mol. The second-order valence-corrected chi connectivity index (χ2v) is 6.14. The van der Waals surface area contributed by atoms with Crippen molar-refractivity contribution in [2.75, 3.05) is 33.4 Å². The molecule has 0 spiro atoms. The molecule has 0 saturated carbocycles. The first-order valence-corrected chi connectivity index (χ1v) is 8.17. The lowest BCUT2D eigenvalue weighted by atomic mass is 10.0. The van der Waals surface area contributed by atoms with Gasteiger partial charge in [0, 0.05) is 19.2 Å². The Morgan fingerprint density at radius 2 is 1.96 bits per heavy atom. The standard InChI is InChI=1S/C17H17NO4S/c1-21-14(19)11-13-16(20)15(12-5-3-2-4-6-12)17(23-13)18-7-9-22-10-8-18/h2-6,11H,7-10H2,1H3/b13-11-. The van der Waals surface area contributed by atoms with E-state index in [1.165, 1.54) is 24.9 Å². The molecular weight excluding hydrogens is 314 g/mol. The van der Waals surface area contributed by atoms with Crippen molar-refractivity contribution in [2.45, 2.75) is 0 Å². The molecule has 2 aliphatic heterocycles. The van der Waals surface area contributed by atoms with E-state index in [-0.39, 0.29) is 5.78 Å². The molecule has 0 N–H and O–H groups in total. The minimum Gasteiger partial charge on any atom is -0.466 e. The minimum absolute atomic E-state index is 0.131. The molecule has 2 heterocycles. The van der Waals surface area contributed by atoms with Gasteiger partial charge in [0.2, 0.25) is 5.78 Å². The van der Waals surface area contributed by atoms with Gasteiger partial charge >= 0.3 is 5.97 Å². The maximum Gasteiger partial charge on any atom is 0.331 e. The van der Waals surface area contributed by atoms with Gasteiger partial charge in [-0.15, -0.1) is 0 Å². The summed E-state index contributed by atoms with van der Waals surface area (Å²) in [5.41, 5.74) is 1.51. The number of carbonyl (C=O) groups excluding carboxylic acids is 2. The van der Waals surface area contributed by atoms with Crippen molar-refractivity contribution in [3.63, 3.8) is 0 Å². The van der Waals surface area contributed by atoms with Gasteiger partial charge in [0.05, 0.1) is 35.8 Å². The number of ether oxygens (including phenoxy) is 2. The Bertz CT molecular complexity index is 675. The fourth-order valence-corrected chi connectivity index (χ4v) is 3.71. The van der Waals surface area contributed by atoms with E-state index in [0.717, 1.165) is 23.7 Å². The highest BCUT2D eigenvalue weighted by Crippen LogP contribution is 2.44. The topological polar surface area (TPSA) is 55.8 Å². The smallest absolute Gasteiger partial charge is 0.331 e. The van der Waals surface area contributed by atoms with E-state index in [1.807, 2.05) is 30.3 Å². The van der Waals surface area contributed by atoms with Crippen LogP contribution in [0.5, 0.6) is 0 Å². The molecule has 2 aliphatic rings. The van der Waals surface area contributed by atoms with Crippen LogP contribution < -0.4 is 0 Å². The fraction of sp³-hybridized carbons (Fsp3) is 0.294. The van der Waals surface area contributed by atoms with E-state index in [2.05, 4.69) is 9.64 Å². The normalized spacial score (nSPS) is 20.3. The summed E-state index contributed by atoms with van der Waals surface area (Å²) in [7, 11) is 1.30. The molecule has 1 aromatic carbocycles. The summed E-state index contributed by atoms with van der Waals surface area (Å²) in [6.45, 7) is 2.74. The van der Waals surface area contributed by atoms with Crippen molar-refractivity contribution in [3.8, 4) is 0 Å². The molecule has 0 aromatic heterocycles. The number of benzene rings is 1. The van der Waals surface area contributed by atoms with E-state index < -0.39 is 5.97 Å². The lowest BCUT2D eigenvalue weighted by Crippen LogP contribution is -2.34. The van der Waals surface area contributed by atoms with Crippen LogP contribution in [0.4, 0.5) is 0 Å². The number of hydrogen-bond donors (Lipinski definition) is 0. The number of hydrogen-bond acceptors (Lipinski definition) is 6. The number of allylic oxidation sites excluding steroid dienone is 2. The van der Waals surface area contributed by atoms with Gasteiger partial charge in [-0.05, 0) is 5.56 Å². The molecule has 23 heavy (non-hydrogen) atoms. The Balaban J connectivity index is 2.01. The average molecular weight is 331 g/mol. The van der Waals surface area contributed by atoms with Crippen LogP contribution in [0.15, 0.2) is 46.3 Å². The highest BCUT2D eigenvalue weighted by atomic mass is 32.2. The van der Waals surface area contributed by atoms with E-state index in [1.54, 1.807) is 0 Å². The first-order valence-electron chi connectivity index (χ1n) is 7.35. The van der Waals surface area contributed by atoms with Crippen LogP contribution in [0.1, 0.15) is 5.56 Å². The Labute approximate surface area is 138 Å². The number of esters is 1. The Hall–Kier alpha value is -2.05. The predicted molar refractivity (Wildman–Crippen MR) is 88.5 cm³/mol. The summed E-state index contributed by atoms with van der Waals surface area (Å²) < 4.78 is 10.0. The first-order chi connectivity index (χ1) is 11.2. The van der Waals surface area contributed by atoms with Crippen molar-refractivity contribution >= 4 is 29.1 Å². The van der Waals surface area contributed by atoms with Crippen LogP contribution in [0.3, 0.4) is 0 Å². The predicted octanol–water partition coefficient (Wildman–Crippen LogP) is 2.06. The second kappa shape index (κ2) is 7.02. The summed E-state index contributed by atoms with van der Waals surface area (Å²) >= 11 is 1.33. The van der Waals surface area contributed by atoms with Crippen LogP contribution >= 0.6 is 11.8 Å². The Morgan fingerprint density at radius 3 is 2.61 bits per heavy atom. The number of morpholine rings is 1. The molecule has 1 saturated heterocycles. The maximum absolute atomic E-state index is 12.8. The van der Waals surface area contributed by atoms with Gasteiger partial charge in [0.15, 0.2) is 0 Å². The zero-order chi connectivity index (χ0) is 16.2. The number of thioether (sulfide) groups is 1. The van der Waals surface area contributed by atoms with Crippen LogP contribution in [0, 0.1) is 0 Å². The zero-order valence-corrected chi connectivity index (χ0v) is 13.6. The molecule has 6 heteroatoms.